The Morgan fingerprint density at radius 2 is 2.00 bits per heavy atom. The molecule has 2 aromatic heterocycles. The Morgan fingerprint density at radius 3 is 2.68 bits per heavy atom. The third-order valence-electron chi connectivity index (χ3n) is 3.90. The summed E-state index contributed by atoms with van der Waals surface area (Å²) in [7, 11) is 0. The molecule has 0 atom stereocenters. The van der Waals surface area contributed by atoms with Crippen molar-refractivity contribution in [1.82, 2.24) is 14.7 Å². The number of aromatic nitrogens is 3. The van der Waals surface area contributed by atoms with Crippen molar-refractivity contribution in [2.45, 2.75) is 20.4 Å². The molecule has 114 valence electrons. The molecule has 0 amide bonds. The van der Waals surface area contributed by atoms with Gasteiger partial charge in [-0.15, -0.1) is 0 Å². The first-order chi connectivity index (χ1) is 10.5. The summed E-state index contributed by atoms with van der Waals surface area (Å²) >= 11 is 12.8. The molecule has 0 radical (unpaired) electrons. The standard InChI is InChI=1S/C14H11Cl2N3O3/c1-5-7(6(2)22-18-5)8-9(15)10(16)11-12-13(8)21-4-3-19(12)14(20)17-11/h3-4H2,1-2H3,(H,17,20). The molecule has 1 N–H and O–H groups in total. The van der Waals surface area contributed by atoms with Crippen LogP contribution in [0, 0.1) is 13.8 Å². The van der Waals surface area contributed by atoms with E-state index in [2.05, 4.69) is 10.1 Å². The Balaban J connectivity index is 2.24. The average molecular weight is 340 g/mol. The lowest BCUT2D eigenvalue weighted by Gasteiger charge is -2.20. The quantitative estimate of drug-likeness (QED) is 0.738. The molecule has 6 nitrogen and oxygen atoms in total. The van der Waals surface area contributed by atoms with Gasteiger partial charge in [0.15, 0.2) is 5.75 Å². The summed E-state index contributed by atoms with van der Waals surface area (Å²) in [6, 6.07) is 0. The molecule has 4 rings (SSSR count). The van der Waals surface area contributed by atoms with Crippen LogP contribution in [0.4, 0.5) is 0 Å². The number of aryl methyl sites for hydroxylation is 2. The molecular weight excluding hydrogens is 329 g/mol. The number of rotatable bonds is 1. The van der Waals surface area contributed by atoms with E-state index in [-0.39, 0.29) is 10.7 Å². The average Bonchev–Trinajstić information content (AvgIpc) is 3.01. The van der Waals surface area contributed by atoms with Gasteiger partial charge in [-0.1, -0.05) is 28.4 Å². The first-order valence-electron chi connectivity index (χ1n) is 6.70. The third-order valence-corrected chi connectivity index (χ3v) is 4.75. The van der Waals surface area contributed by atoms with Gasteiger partial charge >= 0.3 is 5.69 Å². The molecule has 1 aliphatic rings. The maximum Gasteiger partial charge on any atom is 0.326 e. The molecule has 8 heteroatoms. The van der Waals surface area contributed by atoms with E-state index in [1.807, 2.05) is 6.92 Å². The SMILES string of the molecule is Cc1noc(C)c1-c1c(Cl)c(Cl)c2[nH]c(=O)n3c2c1OCC3. The predicted octanol–water partition coefficient (Wildman–Crippen LogP) is 3.30. The number of hydrogen-bond donors (Lipinski definition) is 1. The van der Waals surface area contributed by atoms with Gasteiger partial charge < -0.3 is 14.2 Å². The summed E-state index contributed by atoms with van der Waals surface area (Å²) in [6.45, 7) is 4.46. The molecular formula is C14H11Cl2N3O3. The molecule has 0 saturated heterocycles. The first kappa shape index (κ1) is 13.7. The van der Waals surface area contributed by atoms with Gasteiger partial charge in [0.2, 0.25) is 0 Å². The van der Waals surface area contributed by atoms with Crippen LogP contribution in [0.25, 0.3) is 22.2 Å². The maximum atomic E-state index is 12.1. The second kappa shape index (κ2) is 4.54. The molecule has 1 aromatic carbocycles. The number of aromatic amines is 1. The Labute approximate surface area is 134 Å². The minimum absolute atomic E-state index is 0.228. The van der Waals surface area contributed by atoms with Crippen LogP contribution in [0.2, 0.25) is 10.0 Å². The molecule has 0 spiro atoms. The highest BCUT2D eigenvalue weighted by Crippen LogP contribution is 2.48. The van der Waals surface area contributed by atoms with Gasteiger partial charge in [0.25, 0.3) is 0 Å². The van der Waals surface area contributed by atoms with Crippen LogP contribution >= 0.6 is 23.2 Å². The van der Waals surface area contributed by atoms with Crippen LogP contribution in [0.3, 0.4) is 0 Å². The van der Waals surface area contributed by atoms with E-state index in [9.17, 15) is 4.79 Å². The number of imidazole rings is 1. The smallest absolute Gasteiger partial charge is 0.326 e. The van der Waals surface area contributed by atoms with Crippen LogP contribution in [0.5, 0.6) is 5.75 Å². The van der Waals surface area contributed by atoms with Gasteiger partial charge in [-0.05, 0) is 13.8 Å². The lowest BCUT2D eigenvalue weighted by Crippen LogP contribution is -2.23. The van der Waals surface area contributed by atoms with Crippen LogP contribution in [0.15, 0.2) is 9.32 Å². The van der Waals surface area contributed by atoms with Gasteiger partial charge in [0, 0.05) is 0 Å². The second-order valence-corrected chi connectivity index (χ2v) is 5.94. The van der Waals surface area contributed by atoms with Gasteiger partial charge in [-0.3, -0.25) is 4.57 Å². The number of hydrogen-bond acceptors (Lipinski definition) is 4. The summed E-state index contributed by atoms with van der Waals surface area (Å²) in [5.74, 6) is 1.15. The van der Waals surface area contributed by atoms with E-state index in [1.54, 1.807) is 11.5 Å². The van der Waals surface area contributed by atoms with Crippen molar-refractivity contribution < 1.29 is 9.26 Å². The monoisotopic (exact) mass is 339 g/mol. The van der Waals surface area contributed by atoms with Crippen LogP contribution in [-0.4, -0.2) is 21.3 Å². The lowest BCUT2D eigenvalue weighted by molar-refractivity contribution is 0.286. The fraction of sp³-hybridized carbons (Fsp3) is 0.286. The highest BCUT2D eigenvalue weighted by molar-refractivity contribution is 6.47. The van der Waals surface area contributed by atoms with E-state index in [0.29, 0.717) is 52.0 Å². The largest absolute Gasteiger partial charge is 0.489 e. The van der Waals surface area contributed by atoms with Crippen molar-refractivity contribution in [2.75, 3.05) is 6.61 Å². The molecule has 22 heavy (non-hydrogen) atoms. The number of nitrogens with zero attached hydrogens (tertiary/aromatic N) is 2. The van der Waals surface area contributed by atoms with E-state index in [4.69, 9.17) is 32.5 Å². The zero-order valence-electron chi connectivity index (χ0n) is 11.8. The normalized spacial score (nSPS) is 13.6. The van der Waals surface area contributed by atoms with E-state index in [1.165, 1.54) is 0 Å². The van der Waals surface area contributed by atoms with Gasteiger partial charge in [0.05, 0.1) is 38.9 Å². The van der Waals surface area contributed by atoms with Crippen molar-refractivity contribution in [2.24, 2.45) is 0 Å². The van der Waals surface area contributed by atoms with Gasteiger partial charge in [0.1, 0.15) is 17.9 Å². The summed E-state index contributed by atoms with van der Waals surface area (Å²) in [5.41, 5.74) is 2.93. The highest BCUT2D eigenvalue weighted by atomic mass is 35.5. The molecule has 0 saturated carbocycles. The van der Waals surface area contributed by atoms with Gasteiger partial charge in [-0.25, -0.2) is 4.79 Å². The van der Waals surface area contributed by atoms with Gasteiger partial charge in [-0.2, -0.15) is 0 Å². The summed E-state index contributed by atoms with van der Waals surface area (Å²) in [4.78, 5) is 14.8. The zero-order chi connectivity index (χ0) is 15.6. The minimum atomic E-state index is -0.228. The van der Waals surface area contributed by atoms with Crippen LogP contribution in [0.1, 0.15) is 11.5 Å². The highest BCUT2D eigenvalue weighted by Gasteiger charge is 2.29. The van der Waals surface area contributed by atoms with E-state index in [0.717, 1.165) is 5.56 Å². The van der Waals surface area contributed by atoms with Crippen LogP contribution in [-0.2, 0) is 6.54 Å². The van der Waals surface area contributed by atoms with Crippen molar-refractivity contribution in [3.63, 3.8) is 0 Å². The third kappa shape index (κ3) is 1.62. The van der Waals surface area contributed by atoms with Crippen molar-refractivity contribution in [3.05, 3.63) is 32.0 Å². The fourth-order valence-electron chi connectivity index (χ4n) is 2.96. The topological polar surface area (TPSA) is 73.0 Å². The summed E-state index contributed by atoms with van der Waals surface area (Å²) in [5, 5.41) is 4.56. The molecule has 1 aliphatic heterocycles. The number of halogens is 2. The maximum absolute atomic E-state index is 12.1. The molecule has 0 fully saturated rings. The Hall–Kier alpha value is -1.92. The molecule has 3 aromatic rings. The molecule has 0 aliphatic carbocycles. The molecule has 0 unspecified atom stereocenters. The second-order valence-electron chi connectivity index (χ2n) is 5.19. The van der Waals surface area contributed by atoms with Crippen molar-refractivity contribution >= 4 is 34.2 Å². The number of nitrogens with one attached hydrogen (secondary N) is 1. The van der Waals surface area contributed by atoms with Crippen LogP contribution < -0.4 is 10.4 Å². The van der Waals surface area contributed by atoms with E-state index >= 15 is 0 Å². The summed E-state index contributed by atoms with van der Waals surface area (Å²) in [6.07, 6.45) is 0. The minimum Gasteiger partial charge on any atom is -0.489 e. The number of ether oxygens (including phenoxy) is 1. The fourth-order valence-corrected chi connectivity index (χ4v) is 3.46. The Bertz CT molecular complexity index is 964. The zero-order valence-corrected chi connectivity index (χ0v) is 13.3. The Morgan fingerprint density at radius 1 is 1.23 bits per heavy atom. The van der Waals surface area contributed by atoms with Crippen molar-refractivity contribution in [3.8, 4) is 16.9 Å². The molecule has 3 heterocycles. The first-order valence-corrected chi connectivity index (χ1v) is 7.45. The number of benzene rings is 1. The Kier molecular flexibility index (Phi) is 2.83. The summed E-state index contributed by atoms with van der Waals surface area (Å²) < 4.78 is 12.7. The van der Waals surface area contributed by atoms with Crippen molar-refractivity contribution in [1.29, 1.82) is 0 Å². The predicted molar refractivity (Wildman–Crippen MR) is 83.0 cm³/mol. The molecule has 0 bridgehead atoms. The van der Waals surface area contributed by atoms with E-state index < -0.39 is 0 Å². The lowest BCUT2D eigenvalue weighted by atomic mass is 10.0. The number of H-pyrrole nitrogens is 1.